The van der Waals surface area contributed by atoms with Crippen molar-refractivity contribution >= 4 is 63.5 Å². The van der Waals surface area contributed by atoms with Crippen molar-refractivity contribution in [3.63, 3.8) is 0 Å². The summed E-state index contributed by atoms with van der Waals surface area (Å²) in [7, 11) is 6.54. The zero-order valence-corrected chi connectivity index (χ0v) is 26.0. The number of hydrogen-bond acceptors (Lipinski definition) is 8. The van der Waals surface area contributed by atoms with Gasteiger partial charge in [0.25, 0.3) is 0 Å². The third kappa shape index (κ3) is 5.06. The van der Waals surface area contributed by atoms with E-state index < -0.39 is 5.69 Å². The van der Waals surface area contributed by atoms with E-state index in [0.29, 0.717) is 50.7 Å². The van der Waals surface area contributed by atoms with Gasteiger partial charge in [-0.25, -0.2) is 19.3 Å². The predicted molar refractivity (Wildman–Crippen MR) is 175 cm³/mol. The highest BCUT2D eigenvalue weighted by Gasteiger charge is 2.29. The number of anilines is 2. The van der Waals surface area contributed by atoms with E-state index in [4.69, 9.17) is 18.6 Å². The van der Waals surface area contributed by atoms with Gasteiger partial charge in [0.15, 0.2) is 5.65 Å². The number of fused-ring (bicyclic) bond motifs is 1. The van der Waals surface area contributed by atoms with Gasteiger partial charge >= 0.3 is 5.69 Å². The Kier molecular flexibility index (Phi) is 8.03. The molecule has 1 saturated heterocycles. The number of nitrogens with two attached hydrogens (primary N) is 1. The minimum absolute atomic E-state index is 0.0568. The van der Waals surface area contributed by atoms with Crippen molar-refractivity contribution in [3.05, 3.63) is 81.6 Å². The second kappa shape index (κ2) is 11.4. The Bertz CT molecular complexity index is 1770. The SMILES string of the molecule is [B]c1c(C)ccc(N)c1-c1nc2c(cc1C)c(N1CCN(C(=C)C=C)CC1C)nc(=O)n2-c1c(SC)ccnc1Br. The third-order valence-corrected chi connectivity index (χ3v) is 8.95. The van der Waals surface area contributed by atoms with E-state index in [0.717, 1.165) is 40.2 Å². The summed E-state index contributed by atoms with van der Waals surface area (Å²) >= 11 is 5.09. The molecule has 5 rings (SSSR count). The first-order valence-corrected chi connectivity index (χ1v) is 15.2. The molecule has 1 aliphatic heterocycles. The summed E-state index contributed by atoms with van der Waals surface area (Å²) in [6.07, 6.45) is 5.42. The van der Waals surface area contributed by atoms with E-state index in [-0.39, 0.29) is 6.04 Å². The van der Waals surface area contributed by atoms with E-state index in [1.807, 2.05) is 44.4 Å². The standard InChI is InChI=1S/C30H31BBrN7OS/c1-7-18(4)37-12-13-38(19(5)15-37)28-20-14-17(3)25(23-21(33)9-8-16(2)24(23)31)35-29(20)39(30(40)36-28)26-22(41-6)10-11-34-27(26)32/h7-11,14,19H,1,4,12-13,15,33H2,2-3,5-6H3. The number of aromatic nitrogens is 4. The summed E-state index contributed by atoms with van der Waals surface area (Å²) in [6.45, 7) is 16.1. The normalized spacial score (nSPS) is 15.4. The van der Waals surface area contributed by atoms with Gasteiger partial charge in [0.05, 0.1) is 16.8 Å². The Morgan fingerprint density at radius 2 is 1.98 bits per heavy atom. The molecule has 4 aromatic rings. The lowest BCUT2D eigenvalue weighted by molar-refractivity contribution is 0.291. The van der Waals surface area contributed by atoms with Gasteiger partial charge in [-0.1, -0.05) is 30.3 Å². The maximum absolute atomic E-state index is 14.0. The number of pyridine rings is 2. The minimum Gasteiger partial charge on any atom is -0.398 e. The molecular formula is C30H31BBrN7OS. The van der Waals surface area contributed by atoms with Crippen molar-refractivity contribution in [3.8, 4) is 16.9 Å². The molecule has 4 heterocycles. The van der Waals surface area contributed by atoms with Crippen molar-refractivity contribution in [1.82, 2.24) is 24.4 Å². The number of nitrogen functional groups attached to an aromatic ring is 1. The summed E-state index contributed by atoms with van der Waals surface area (Å²) in [5, 5.41) is 0.751. The number of thioether (sulfide) groups is 1. The van der Waals surface area contributed by atoms with Gasteiger partial charge in [0.1, 0.15) is 18.3 Å². The van der Waals surface area contributed by atoms with Crippen LogP contribution in [-0.4, -0.2) is 64.2 Å². The highest BCUT2D eigenvalue weighted by Crippen LogP contribution is 2.36. The molecule has 0 aliphatic carbocycles. The van der Waals surface area contributed by atoms with Crippen LogP contribution in [-0.2, 0) is 0 Å². The first kappa shape index (κ1) is 28.9. The fraction of sp³-hybridized carbons (Fsp3) is 0.267. The van der Waals surface area contributed by atoms with E-state index in [1.165, 1.54) is 16.3 Å². The van der Waals surface area contributed by atoms with Crippen LogP contribution in [0, 0.1) is 13.8 Å². The lowest BCUT2D eigenvalue weighted by atomic mass is 9.83. The van der Waals surface area contributed by atoms with Crippen molar-refractivity contribution in [2.75, 3.05) is 36.5 Å². The van der Waals surface area contributed by atoms with Crippen molar-refractivity contribution in [2.45, 2.75) is 31.7 Å². The van der Waals surface area contributed by atoms with Gasteiger partial charge in [-0.15, -0.1) is 11.8 Å². The fourth-order valence-electron chi connectivity index (χ4n) is 5.35. The topological polar surface area (TPSA) is 93.2 Å². The van der Waals surface area contributed by atoms with Gasteiger partial charge in [0.2, 0.25) is 0 Å². The Labute approximate surface area is 253 Å². The van der Waals surface area contributed by atoms with Crippen LogP contribution in [0.3, 0.4) is 0 Å². The molecule has 1 aliphatic rings. The molecule has 8 nitrogen and oxygen atoms in total. The molecule has 2 radical (unpaired) electrons. The monoisotopic (exact) mass is 627 g/mol. The molecule has 0 spiro atoms. The van der Waals surface area contributed by atoms with Crippen LogP contribution < -0.4 is 21.8 Å². The maximum atomic E-state index is 14.0. The average molecular weight is 628 g/mol. The van der Waals surface area contributed by atoms with Crippen LogP contribution in [0.4, 0.5) is 11.5 Å². The van der Waals surface area contributed by atoms with Crippen molar-refractivity contribution in [1.29, 1.82) is 0 Å². The maximum Gasteiger partial charge on any atom is 0.355 e. The van der Waals surface area contributed by atoms with Gasteiger partial charge in [0, 0.05) is 53.7 Å². The largest absolute Gasteiger partial charge is 0.398 e. The molecule has 1 unspecified atom stereocenters. The van der Waals surface area contributed by atoms with Crippen LogP contribution in [0.1, 0.15) is 18.1 Å². The Morgan fingerprint density at radius 1 is 1.22 bits per heavy atom. The Morgan fingerprint density at radius 3 is 2.66 bits per heavy atom. The Balaban J connectivity index is 1.83. The second-order valence-electron chi connectivity index (χ2n) is 10.2. The molecule has 3 aromatic heterocycles. The van der Waals surface area contributed by atoms with Crippen molar-refractivity contribution < 1.29 is 0 Å². The molecule has 41 heavy (non-hydrogen) atoms. The number of hydrogen-bond donors (Lipinski definition) is 1. The lowest BCUT2D eigenvalue weighted by Gasteiger charge is -2.42. The van der Waals surface area contributed by atoms with Gasteiger partial charge in [-0.3, -0.25) is 0 Å². The average Bonchev–Trinajstić information content (AvgIpc) is 2.95. The molecular weight excluding hydrogens is 597 g/mol. The molecule has 0 bridgehead atoms. The molecule has 1 aromatic carbocycles. The number of allylic oxidation sites excluding steroid dienone is 1. The first-order chi connectivity index (χ1) is 19.6. The third-order valence-electron chi connectivity index (χ3n) is 7.60. The molecule has 0 saturated carbocycles. The quantitative estimate of drug-likeness (QED) is 0.110. The first-order valence-electron chi connectivity index (χ1n) is 13.2. The number of halogens is 1. The fourth-order valence-corrected chi connectivity index (χ4v) is 6.57. The summed E-state index contributed by atoms with van der Waals surface area (Å²) in [5.74, 6) is 0.593. The molecule has 11 heteroatoms. The highest BCUT2D eigenvalue weighted by molar-refractivity contribution is 9.10. The summed E-state index contributed by atoms with van der Waals surface area (Å²) in [4.78, 5) is 33.5. The van der Waals surface area contributed by atoms with Gasteiger partial charge < -0.3 is 15.5 Å². The van der Waals surface area contributed by atoms with Crippen molar-refractivity contribution in [2.24, 2.45) is 0 Å². The Hall–Kier alpha value is -3.57. The van der Waals surface area contributed by atoms with Crippen LogP contribution >= 0.6 is 27.7 Å². The van der Waals surface area contributed by atoms with Crippen LogP contribution in [0.5, 0.6) is 0 Å². The zero-order chi connectivity index (χ0) is 29.6. The number of benzene rings is 1. The number of piperazine rings is 1. The summed E-state index contributed by atoms with van der Waals surface area (Å²) in [6, 6.07) is 7.68. The number of rotatable bonds is 6. The zero-order valence-electron chi connectivity index (χ0n) is 23.6. The molecule has 1 fully saturated rings. The van der Waals surface area contributed by atoms with E-state index >= 15 is 0 Å². The summed E-state index contributed by atoms with van der Waals surface area (Å²) in [5.41, 5.74) is 12.0. The van der Waals surface area contributed by atoms with Crippen LogP contribution in [0.15, 0.2) is 69.7 Å². The molecule has 208 valence electrons. The second-order valence-corrected chi connectivity index (χ2v) is 11.8. The molecule has 1 atom stereocenters. The number of nitrogens with zero attached hydrogens (tertiary/aromatic N) is 6. The minimum atomic E-state index is -0.450. The molecule has 0 amide bonds. The molecule has 2 N–H and O–H groups in total. The van der Waals surface area contributed by atoms with Crippen LogP contribution in [0.25, 0.3) is 28.0 Å². The van der Waals surface area contributed by atoms with Gasteiger partial charge in [-0.05, 0) is 72.8 Å². The highest BCUT2D eigenvalue weighted by atomic mass is 79.9. The van der Waals surface area contributed by atoms with Gasteiger partial charge in [-0.2, -0.15) is 4.98 Å². The lowest BCUT2D eigenvalue weighted by Crippen LogP contribution is -2.52. The smallest absolute Gasteiger partial charge is 0.355 e. The van der Waals surface area contributed by atoms with E-state index in [9.17, 15) is 4.79 Å². The summed E-state index contributed by atoms with van der Waals surface area (Å²) < 4.78 is 2.05. The number of aryl methyl sites for hydroxylation is 2. The van der Waals surface area contributed by atoms with Crippen LogP contribution in [0.2, 0.25) is 0 Å². The predicted octanol–water partition coefficient (Wildman–Crippen LogP) is 4.53. The van der Waals surface area contributed by atoms with E-state index in [2.05, 4.69) is 55.8 Å². The van der Waals surface area contributed by atoms with E-state index in [1.54, 1.807) is 12.3 Å².